The minimum absolute atomic E-state index is 0.0766. The van der Waals surface area contributed by atoms with Crippen molar-refractivity contribution in [2.24, 2.45) is 0 Å². The number of pyridine rings is 2. The molecule has 1 fully saturated rings. The first-order valence-electron chi connectivity index (χ1n) is 9.47. The SMILES string of the molecule is Cc1cccc(C#CC=C2CCN(C(=O)c3cccc4ncccc34)CC2)n1. The number of piperidine rings is 1. The summed E-state index contributed by atoms with van der Waals surface area (Å²) in [6.07, 6.45) is 5.44. The van der Waals surface area contributed by atoms with Gasteiger partial charge in [0.1, 0.15) is 5.69 Å². The van der Waals surface area contributed by atoms with Crippen molar-refractivity contribution in [1.29, 1.82) is 0 Å². The Balaban J connectivity index is 1.43. The summed E-state index contributed by atoms with van der Waals surface area (Å²) in [5.74, 6) is 6.28. The first kappa shape index (κ1) is 17.9. The lowest BCUT2D eigenvalue weighted by Crippen LogP contribution is -2.36. The van der Waals surface area contributed by atoms with E-state index in [9.17, 15) is 4.79 Å². The van der Waals surface area contributed by atoms with Gasteiger partial charge in [0.15, 0.2) is 0 Å². The predicted molar refractivity (Wildman–Crippen MR) is 111 cm³/mol. The second-order valence-corrected chi connectivity index (χ2v) is 6.90. The summed E-state index contributed by atoms with van der Waals surface area (Å²) in [7, 11) is 0. The summed E-state index contributed by atoms with van der Waals surface area (Å²) >= 11 is 0. The summed E-state index contributed by atoms with van der Waals surface area (Å²) in [4.78, 5) is 23.7. The highest BCUT2D eigenvalue weighted by atomic mass is 16.2. The largest absolute Gasteiger partial charge is 0.338 e. The first-order valence-corrected chi connectivity index (χ1v) is 9.47. The van der Waals surface area contributed by atoms with E-state index in [4.69, 9.17) is 0 Å². The molecule has 0 atom stereocenters. The van der Waals surface area contributed by atoms with Gasteiger partial charge in [0.25, 0.3) is 5.91 Å². The zero-order chi connectivity index (χ0) is 19.3. The fourth-order valence-electron chi connectivity index (χ4n) is 3.43. The maximum atomic E-state index is 13.0. The van der Waals surface area contributed by atoms with Crippen LogP contribution in [0, 0.1) is 18.8 Å². The molecule has 4 rings (SSSR count). The Labute approximate surface area is 164 Å². The summed E-state index contributed by atoms with van der Waals surface area (Å²) in [6.45, 7) is 3.39. The minimum atomic E-state index is 0.0766. The first-order chi connectivity index (χ1) is 13.7. The second kappa shape index (κ2) is 8.06. The number of carbonyl (C=O) groups is 1. The van der Waals surface area contributed by atoms with Crippen LogP contribution in [0.1, 0.15) is 34.6 Å². The van der Waals surface area contributed by atoms with E-state index in [1.54, 1.807) is 6.20 Å². The Morgan fingerprint density at radius 2 is 1.89 bits per heavy atom. The number of allylic oxidation sites excluding steroid dienone is 1. The van der Waals surface area contributed by atoms with Gasteiger partial charge in [0, 0.05) is 35.9 Å². The van der Waals surface area contributed by atoms with Gasteiger partial charge in [-0.1, -0.05) is 29.7 Å². The van der Waals surface area contributed by atoms with Crippen LogP contribution in [0.3, 0.4) is 0 Å². The van der Waals surface area contributed by atoms with Gasteiger partial charge in [-0.15, -0.1) is 0 Å². The molecule has 1 amide bonds. The van der Waals surface area contributed by atoms with Crippen molar-refractivity contribution in [1.82, 2.24) is 14.9 Å². The maximum Gasteiger partial charge on any atom is 0.254 e. The molecule has 4 heteroatoms. The summed E-state index contributed by atoms with van der Waals surface area (Å²) in [5, 5.41) is 0.910. The molecule has 0 unspecified atom stereocenters. The number of rotatable bonds is 1. The summed E-state index contributed by atoms with van der Waals surface area (Å²) in [5.41, 5.74) is 4.61. The number of likely N-dealkylation sites (tertiary alicyclic amines) is 1. The number of hydrogen-bond acceptors (Lipinski definition) is 3. The van der Waals surface area contributed by atoms with E-state index in [1.807, 2.05) is 66.4 Å². The molecule has 0 N–H and O–H groups in total. The average molecular weight is 367 g/mol. The van der Waals surface area contributed by atoms with Gasteiger partial charge in [-0.25, -0.2) is 4.98 Å². The Morgan fingerprint density at radius 1 is 1.07 bits per heavy atom. The Morgan fingerprint density at radius 3 is 2.71 bits per heavy atom. The van der Waals surface area contributed by atoms with Crippen molar-refractivity contribution in [3.8, 4) is 11.8 Å². The van der Waals surface area contributed by atoms with Crippen LogP contribution < -0.4 is 0 Å². The van der Waals surface area contributed by atoms with Crippen molar-refractivity contribution in [2.45, 2.75) is 19.8 Å². The molecule has 0 radical (unpaired) electrons. The second-order valence-electron chi connectivity index (χ2n) is 6.90. The molecule has 1 aliphatic heterocycles. The zero-order valence-electron chi connectivity index (χ0n) is 15.9. The molecule has 1 aromatic carbocycles. The lowest BCUT2D eigenvalue weighted by Gasteiger charge is -2.28. The highest BCUT2D eigenvalue weighted by Crippen LogP contribution is 2.22. The molecule has 28 heavy (non-hydrogen) atoms. The lowest BCUT2D eigenvalue weighted by atomic mass is 10.0. The van der Waals surface area contributed by atoms with E-state index in [1.165, 1.54) is 5.57 Å². The maximum absolute atomic E-state index is 13.0. The van der Waals surface area contributed by atoms with Crippen LogP contribution in [-0.2, 0) is 0 Å². The van der Waals surface area contributed by atoms with Crippen molar-refractivity contribution in [2.75, 3.05) is 13.1 Å². The highest BCUT2D eigenvalue weighted by Gasteiger charge is 2.21. The zero-order valence-corrected chi connectivity index (χ0v) is 15.9. The molecule has 1 aliphatic rings. The third-order valence-corrected chi connectivity index (χ3v) is 4.93. The molecule has 2 aromatic heterocycles. The van der Waals surface area contributed by atoms with Crippen LogP contribution in [0.15, 0.2) is 66.4 Å². The van der Waals surface area contributed by atoms with Gasteiger partial charge < -0.3 is 4.90 Å². The van der Waals surface area contributed by atoms with Crippen LogP contribution >= 0.6 is 0 Å². The minimum Gasteiger partial charge on any atom is -0.338 e. The van der Waals surface area contributed by atoms with Crippen molar-refractivity contribution < 1.29 is 4.79 Å². The predicted octanol–water partition coefficient (Wildman–Crippen LogP) is 4.15. The Bertz CT molecular complexity index is 1110. The van der Waals surface area contributed by atoms with Crippen LogP contribution in [0.4, 0.5) is 0 Å². The van der Waals surface area contributed by atoms with E-state index in [2.05, 4.69) is 21.8 Å². The van der Waals surface area contributed by atoms with Gasteiger partial charge in [0.05, 0.1) is 5.52 Å². The van der Waals surface area contributed by atoms with E-state index < -0.39 is 0 Å². The number of carbonyl (C=O) groups excluding carboxylic acids is 1. The van der Waals surface area contributed by atoms with Crippen LogP contribution in [0.2, 0.25) is 0 Å². The molecule has 0 bridgehead atoms. The van der Waals surface area contributed by atoms with E-state index in [-0.39, 0.29) is 5.91 Å². The third-order valence-electron chi connectivity index (χ3n) is 4.93. The molecule has 1 saturated heterocycles. The number of aryl methyl sites for hydroxylation is 1. The highest BCUT2D eigenvalue weighted by molar-refractivity contribution is 6.06. The molecule has 138 valence electrons. The van der Waals surface area contributed by atoms with Crippen molar-refractivity contribution >= 4 is 16.8 Å². The molecule has 3 aromatic rings. The van der Waals surface area contributed by atoms with E-state index in [0.717, 1.165) is 40.7 Å². The van der Waals surface area contributed by atoms with Gasteiger partial charge >= 0.3 is 0 Å². The van der Waals surface area contributed by atoms with Crippen LogP contribution in [-0.4, -0.2) is 33.9 Å². The average Bonchev–Trinajstić information content (AvgIpc) is 2.73. The molecule has 0 spiro atoms. The number of benzene rings is 1. The lowest BCUT2D eigenvalue weighted by molar-refractivity contribution is 0.0745. The molecule has 4 nitrogen and oxygen atoms in total. The third kappa shape index (κ3) is 3.94. The van der Waals surface area contributed by atoms with Gasteiger partial charge in [-0.3, -0.25) is 9.78 Å². The fourth-order valence-corrected chi connectivity index (χ4v) is 3.43. The molecule has 0 aliphatic carbocycles. The number of nitrogens with zero attached hydrogens (tertiary/aromatic N) is 3. The molecule has 0 saturated carbocycles. The fraction of sp³-hybridized carbons (Fsp3) is 0.208. The number of aromatic nitrogens is 2. The topological polar surface area (TPSA) is 46.1 Å². The van der Waals surface area contributed by atoms with E-state index in [0.29, 0.717) is 13.1 Å². The van der Waals surface area contributed by atoms with E-state index >= 15 is 0 Å². The Kier molecular flexibility index (Phi) is 5.16. The normalized spacial score (nSPS) is 13.8. The number of hydrogen-bond donors (Lipinski definition) is 0. The standard InChI is InChI=1S/C24H21N3O/c1-18-6-2-8-20(26-18)9-3-7-19-13-16-27(17-14-19)24(28)22-10-4-12-23-21(22)11-5-15-25-23/h2,4-8,10-12,15H,13-14,16-17H2,1H3. The van der Waals surface area contributed by atoms with Crippen LogP contribution in [0.25, 0.3) is 10.9 Å². The van der Waals surface area contributed by atoms with Crippen molar-refractivity contribution in [3.05, 3.63) is 83.3 Å². The smallest absolute Gasteiger partial charge is 0.254 e. The summed E-state index contributed by atoms with van der Waals surface area (Å²) in [6, 6.07) is 15.4. The number of fused-ring (bicyclic) bond motifs is 1. The van der Waals surface area contributed by atoms with Gasteiger partial charge in [-0.2, -0.15) is 0 Å². The van der Waals surface area contributed by atoms with Gasteiger partial charge in [-0.05, 0) is 62.1 Å². The Hall–Kier alpha value is -3.45. The number of amides is 1. The quantitative estimate of drug-likeness (QED) is 0.607. The van der Waals surface area contributed by atoms with Gasteiger partial charge in [0.2, 0.25) is 0 Å². The van der Waals surface area contributed by atoms with Crippen LogP contribution in [0.5, 0.6) is 0 Å². The molecular formula is C24H21N3O. The monoisotopic (exact) mass is 367 g/mol. The molecular weight excluding hydrogens is 346 g/mol. The molecule has 3 heterocycles. The van der Waals surface area contributed by atoms with Crippen molar-refractivity contribution in [3.63, 3.8) is 0 Å². The summed E-state index contributed by atoms with van der Waals surface area (Å²) < 4.78 is 0.